The summed E-state index contributed by atoms with van der Waals surface area (Å²) in [4.78, 5) is 23.0. The van der Waals surface area contributed by atoms with E-state index in [0.717, 1.165) is 28.4 Å². The van der Waals surface area contributed by atoms with Crippen molar-refractivity contribution in [3.8, 4) is 0 Å². The normalized spacial score (nSPS) is 18.5. The zero-order valence-corrected chi connectivity index (χ0v) is 23.4. The standard InChI is InChI=1S/C26H39N7O4S/c1-5-25(34)33-9-6-24(30-20-7-10-37-11-8-20)23(17-33)26(28)31-21-12-18(19(15-27)16-29-2)13-22(14-21)38(35,36)32(3)4/h12-16,20,30H,5-11,17,27H2,1-4H3,(H2,28,31). The fourth-order valence-corrected chi connectivity index (χ4v) is 5.38. The van der Waals surface area contributed by atoms with E-state index in [1.807, 2.05) is 6.92 Å². The maximum absolute atomic E-state index is 13.0. The van der Waals surface area contributed by atoms with Crippen molar-refractivity contribution in [2.45, 2.75) is 43.5 Å². The van der Waals surface area contributed by atoms with Gasteiger partial charge in [-0.3, -0.25) is 9.79 Å². The molecule has 3 rings (SSSR count). The van der Waals surface area contributed by atoms with Crippen LogP contribution in [0.5, 0.6) is 0 Å². The van der Waals surface area contributed by atoms with Crippen molar-refractivity contribution in [3.63, 3.8) is 0 Å². The minimum Gasteiger partial charge on any atom is -0.404 e. The minimum absolute atomic E-state index is 0.0401. The average Bonchev–Trinajstić information content (AvgIpc) is 2.91. The highest BCUT2D eigenvalue weighted by molar-refractivity contribution is 7.89. The topological polar surface area (TPSA) is 156 Å². The lowest BCUT2D eigenvalue weighted by atomic mass is 10.0. The Morgan fingerprint density at radius 3 is 2.58 bits per heavy atom. The highest BCUT2D eigenvalue weighted by atomic mass is 32.2. The number of nitrogens with zero attached hydrogens (tertiary/aromatic N) is 4. The van der Waals surface area contributed by atoms with Crippen LogP contribution in [0.1, 0.15) is 38.2 Å². The summed E-state index contributed by atoms with van der Waals surface area (Å²) in [6.07, 6.45) is 5.69. The first-order chi connectivity index (χ1) is 18.1. The molecule has 5 N–H and O–H groups in total. The molecular formula is C26H39N7O4S. The van der Waals surface area contributed by atoms with Crippen molar-refractivity contribution in [1.82, 2.24) is 14.5 Å². The second kappa shape index (κ2) is 13.0. The van der Waals surface area contributed by atoms with Gasteiger partial charge >= 0.3 is 0 Å². The Balaban J connectivity index is 2.10. The van der Waals surface area contributed by atoms with Crippen LogP contribution in [0.2, 0.25) is 0 Å². The molecule has 2 aliphatic rings. The number of aliphatic imine (C=N–C) groups is 2. The number of hydrogen-bond donors (Lipinski definition) is 3. The Hall–Kier alpha value is -3.22. The van der Waals surface area contributed by atoms with Gasteiger partial charge in [0.05, 0.1) is 17.1 Å². The number of amides is 1. The zero-order chi connectivity index (χ0) is 27.9. The van der Waals surface area contributed by atoms with Crippen molar-refractivity contribution in [2.75, 3.05) is 47.4 Å². The van der Waals surface area contributed by atoms with E-state index in [4.69, 9.17) is 16.2 Å². The van der Waals surface area contributed by atoms with E-state index in [1.165, 1.54) is 32.4 Å². The smallest absolute Gasteiger partial charge is 0.242 e. The first-order valence-electron chi connectivity index (χ1n) is 12.7. The van der Waals surface area contributed by atoms with Crippen molar-refractivity contribution in [2.24, 2.45) is 21.5 Å². The number of nitrogens with one attached hydrogen (secondary N) is 1. The van der Waals surface area contributed by atoms with Crippen LogP contribution in [-0.4, -0.2) is 89.1 Å². The van der Waals surface area contributed by atoms with Crippen LogP contribution in [0.3, 0.4) is 0 Å². The number of hydrogen-bond acceptors (Lipinski definition) is 8. The maximum Gasteiger partial charge on any atom is 0.242 e. The Kier molecular flexibility index (Phi) is 10.1. The fraction of sp³-hybridized carbons (Fsp3) is 0.500. The third kappa shape index (κ3) is 7.00. The maximum atomic E-state index is 13.0. The van der Waals surface area contributed by atoms with Crippen LogP contribution < -0.4 is 16.8 Å². The zero-order valence-electron chi connectivity index (χ0n) is 22.6. The molecule has 0 aromatic heterocycles. The van der Waals surface area contributed by atoms with Gasteiger partial charge in [0.25, 0.3) is 0 Å². The third-order valence-corrected chi connectivity index (χ3v) is 8.40. The summed E-state index contributed by atoms with van der Waals surface area (Å²) in [7, 11) is 0.763. The van der Waals surface area contributed by atoms with Gasteiger partial charge in [0, 0.05) is 89.0 Å². The highest BCUT2D eigenvalue weighted by Crippen LogP contribution is 2.28. The summed E-state index contributed by atoms with van der Waals surface area (Å²) < 4.78 is 32.6. The van der Waals surface area contributed by atoms with Gasteiger partial charge in [-0.25, -0.2) is 17.7 Å². The van der Waals surface area contributed by atoms with Gasteiger partial charge in [-0.15, -0.1) is 0 Å². The molecule has 1 fully saturated rings. The van der Waals surface area contributed by atoms with Crippen LogP contribution in [0.25, 0.3) is 5.57 Å². The second-order valence-electron chi connectivity index (χ2n) is 9.42. The van der Waals surface area contributed by atoms with Gasteiger partial charge in [0.2, 0.25) is 15.9 Å². The molecule has 11 nitrogen and oxygen atoms in total. The molecule has 0 bridgehead atoms. The third-order valence-electron chi connectivity index (χ3n) is 6.61. The van der Waals surface area contributed by atoms with Crippen molar-refractivity contribution in [3.05, 3.63) is 41.2 Å². The van der Waals surface area contributed by atoms with E-state index in [0.29, 0.717) is 56.0 Å². The monoisotopic (exact) mass is 545 g/mol. The van der Waals surface area contributed by atoms with Gasteiger partial charge in [0.15, 0.2) is 0 Å². The van der Waals surface area contributed by atoms with E-state index in [1.54, 1.807) is 24.2 Å². The van der Waals surface area contributed by atoms with Crippen LogP contribution in [0.15, 0.2) is 50.5 Å². The molecule has 12 heteroatoms. The van der Waals surface area contributed by atoms with Crippen LogP contribution >= 0.6 is 0 Å². The molecule has 0 radical (unpaired) electrons. The first kappa shape index (κ1) is 29.3. The molecule has 0 saturated carbocycles. The van der Waals surface area contributed by atoms with Gasteiger partial charge in [-0.2, -0.15) is 0 Å². The SMILES string of the molecule is CCC(=O)N1CCC(NC2CCOCC2)=C(C(N)=Nc2cc(C(C=NC)=CN)cc(S(=O)(=O)N(C)C)c2)C1. The summed E-state index contributed by atoms with van der Waals surface area (Å²) in [5.74, 6) is 0.263. The predicted molar refractivity (Wildman–Crippen MR) is 151 cm³/mol. The lowest BCUT2D eigenvalue weighted by molar-refractivity contribution is -0.130. The van der Waals surface area contributed by atoms with E-state index in [2.05, 4.69) is 15.3 Å². The number of rotatable bonds is 9. The minimum atomic E-state index is -3.77. The summed E-state index contributed by atoms with van der Waals surface area (Å²) in [6.45, 7) is 4.14. The quantitative estimate of drug-likeness (QED) is 0.314. The molecule has 2 aliphatic heterocycles. The Morgan fingerprint density at radius 2 is 1.97 bits per heavy atom. The molecule has 38 heavy (non-hydrogen) atoms. The Morgan fingerprint density at radius 1 is 1.26 bits per heavy atom. The van der Waals surface area contributed by atoms with E-state index < -0.39 is 10.0 Å². The lowest BCUT2D eigenvalue weighted by Crippen LogP contribution is -2.44. The number of carbonyl (C=O) groups excluding carboxylic acids is 1. The molecule has 1 aromatic carbocycles. The highest BCUT2D eigenvalue weighted by Gasteiger charge is 2.26. The summed E-state index contributed by atoms with van der Waals surface area (Å²) in [5, 5.41) is 3.61. The van der Waals surface area contributed by atoms with E-state index in [9.17, 15) is 13.2 Å². The average molecular weight is 546 g/mol. The predicted octanol–water partition coefficient (Wildman–Crippen LogP) is 1.59. The lowest BCUT2D eigenvalue weighted by Gasteiger charge is -2.34. The number of sulfonamides is 1. The molecule has 208 valence electrons. The summed E-state index contributed by atoms with van der Waals surface area (Å²) >= 11 is 0. The van der Waals surface area contributed by atoms with Gasteiger partial charge in [0.1, 0.15) is 5.84 Å². The van der Waals surface area contributed by atoms with Crippen molar-refractivity contribution in [1.29, 1.82) is 0 Å². The van der Waals surface area contributed by atoms with Crippen molar-refractivity contribution >= 4 is 39.2 Å². The molecular weight excluding hydrogens is 506 g/mol. The van der Waals surface area contributed by atoms with Crippen LogP contribution in [-0.2, 0) is 19.6 Å². The molecule has 1 saturated heterocycles. The van der Waals surface area contributed by atoms with Gasteiger partial charge < -0.3 is 26.4 Å². The molecule has 1 amide bonds. The largest absolute Gasteiger partial charge is 0.404 e. The van der Waals surface area contributed by atoms with Crippen LogP contribution in [0.4, 0.5) is 5.69 Å². The number of amidine groups is 1. The number of benzene rings is 1. The molecule has 2 heterocycles. The molecule has 1 aromatic rings. The van der Waals surface area contributed by atoms with Crippen LogP contribution in [0, 0.1) is 0 Å². The Labute approximate surface area is 225 Å². The summed E-state index contributed by atoms with van der Waals surface area (Å²) in [6, 6.07) is 4.98. The summed E-state index contributed by atoms with van der Waals surface area (Å²) in [5.41, 5.74) is 15.5. The molecule has 0 aliphatic carbocycles. The number of allylic oxidation sites excluding steroid dienone is 1. The fourth-order valence-electron chi connectivity index (χ4n) is 4.42. The number of nitrogens with two attached hydrogens (primary N) is 2. The van der Waals surface area contributed by atoms with E-state index >= 15 is 0 Å². The number of carbonyl (C=O) groups is 1. The van der Waals surface area contributed by atoms with Crippen molar-refractivity contribution < 1.29 is 17.9 Å². The first-order valence-corrected chi connectivity index (χ1v) is 14.1. The van der Waals surface area contributed by atoms with E-state index in [-0.39, 0.29) is 22.7 Å². The van der Waals surface area contributed by atoms with Gasteiger partial charge in [-0.05, 0) is 36.6 Å². The van der Waals surface area contributed by atoms with Gasteiger partial charge in [-0.1, -0.05) is 6.92 Å². The Bertz CT molecular complexity index is 1250. The molecule has 0 spiro atoms. The number of ether oxygens (including phenoxy) is 1. The second-order valence-corrected chi connectivity index (χ2v) is 11.6. The molecule has 0 unspecified atom stereocenters. The molecule has 0 atom stereocenters.